The number of piperidine rings is 1. The number of fused-ring (bicyclic) bond motifs is 2. The van der Waals surface area contributed by atoms with Gasteiger partial charge in [-0.2, -0.15) is 0 Å². The number of nitrogens with one attached hydrogen (secondary N) is 2. The molecule has 0 radical (unpaired) electrons. The molecule has 2 heterocycles. The van der Waals surface area contributed by atoms with Gasteiger partial charge in [-0.15, -0.1) is 6.58 Å². The Morgan fingerprint density at radius 1 is 1.31 bits per heavy atom. The molecule has 0 spiro atoms. The number of hydrogen-bond acceptors (Lipinski definition) is 4. The minimum Gasteiger partial charge on any atom is -0.361 e. The fraction of sp³-hybridized carbons (Fsp3) is 0.520. The fourth-order valence-corrected chi connectivity index (χ4v) is 5.56. The van der Waals surface area contributed by atoms with Crippen molar-refractivity contribution in [2.45, 2.75) is 31.2 Å². The molecule has 0 bridgehead atoms. The summed E-state index contributed by atoms with van der Waals surface area (Å²) >= 11 is 0. The number of H-pyrrole nitrogens is 1. The van der Waals surface area contributed by atoms with Crippen molar-refractivity contribution in [2.24, 2.45) is 5.92 Å². The van der Waals surface area contributed by atoms with Gasteiger partial charge in [0.05, 0.1) is 5.92 Å². The highest BCUT2D eigenvalue weighted by molar-refractivity contribution is 5.96. The van der Waals surface area contributed by atoms with Gasteiger partial charge in [-0.1, -0.05) is 18.2 Å². The zero-order valence-electron chi connectivity index (χ0n) is 19.4. The van der Waals surface area contributed by atoms with Crippen LogP contribution in [0.3, 0.4) is 0 Å². The van der Waals surface area contributed by atoms with E-state index in [9.17, 15) is 9.59 Å². The molecule has 32 heavy (non-hydrogen) atoms. The predicted octanol–water partition coefficient (Wildman–Crippen LogP) is 2.80. The molecular formula is C25H35N5O2. The first kappa shape index (κ1) is 22.6. The Kier molecular flexibility index (Phi) is 6.67. The van der Waals surface area contributed by atoms with E-state index in [4.69, 9.17) is 0 Å². The topological polar surface area (TPSA) is 71.7 Å². The Morgan fingerprint density at radius 3 is 2.84 bits per heavy atom. The third-order valence-corrected chi connectivity index (χ3v) is 7.00. The van der Waals surface area contributed by atoms with Gasteiger partial charge in [-0.3, -0.25) is 14.6 Å². The van der Waals surface area contributed by atoms with Gasteiger partial charge >= 0.3 is 6.03 Å². The number of rotatable bonds is 7. The van der Waals surface area contributed by atoms with Crippen LogP contribution < -0.4 is 5.32 Å². The number of hydrogen-bond donors (Lipinski definition) is 2. The summed E-state index contributed by atoms with van der Waals surface area (Å²) in [5.74, 6) is -0.0239. The maximum absolute atomic E-state index is 13.6. The normalized spacial score (nSPS) is 22.6. The number of amides is 3. The molecule has 2 aromatic rings. The number of imide groups is 1. The largest absolute Gasteiger partial charge is 0.361 e. The standard InChI is InChI=1S/C25H35N5O2/c1-5-10-29-16-18(24(31)30(25(32)26-2)12-7-11-28(3)4)13-20-19-8-6-9-21-23(19)17(15-27-21)14-22(20)29/h5-6,8-9,15,18,20,22,27H,1,7,10-14,16H2,2-4H3,(H,26,32)/t18-,20?,22-/m1/s1. The van der Waals surface area contributed by atoms with Gasteiger partial charge in [-0.25, -0.2) is 4.79 Å². The Hall–Kier alpha value is -2.64. The second-order valence-electron chi connectivity index (χ2n) is 9.34. The van der Waals surface area contributed by atoms with Crippen LogP contribution in [0.15, 0.2) is 37.1 Å². The van der Waals surface area contributed by atoms with Gasteiger partial charge in [0.2, 0.25) is 5.91 Å². The minimum atomic E-state index is -0.315. The van der Waals surface area contributed by atoms with Crippen molar-refractivity contribution >= 4 is 22.8 Å². The number of likely N-dealkylation sites (tertiary alicyclic amines) is 1. The van der Waals surface area contributed by atoms with Crippen LogP contribution in [0.2, 0.25) is 0 Å². The highest BCUT2D eigenvalue weighted by Crippen LogP contribution is 2.45. The van der Waals surface area contributed by atoms with Crippen LogP contribution >= 0.6 is 0 Å². The molecule has 7 nitrogen and oxygen atoms in total. The van der Waals surface area contributed by atoms with Crippen molar-refractivity contribution in [3.63, 3.8) is 0 Å². The molecule has 3 atom stereocenters. The van der Waals surface area contributed by atoms with Gasteiger partial charge in [-0.05, 0) is 57.1 Å². The Labute approximate surface area is 190 Å². The third kappa shape index (κ3) is 4.19. The first-order chi connectivity index (χ1) is 15.4. The summed E-state index contributed by atoms with van der Waals surface area (Å²) in [5, 5.41) is 3.97. The van der Waals surface area contributed by atoms with Gasteiger partial charge in [0.1, 0.15) is 0 Å². The first-order valence-corrected chi connectivity index (χ1v) is 11.6. The van der Waals surface area contributed by atoms with Crippen LogP contribution in [-0.4, -0.2) is 85.0 Å². The minimum absolute atomic E-state index is 0.0670. The summed E-state index contributed by atoms with van der Waals surface area (Å²) in [5.41, 5.74) is 3.84. The van der Waals surface area contributed by atoms with E-state index in [1.807, 2.05) is 20.2 Å². The van der Waals surface area contributed by atoms with E-state index in [0.717, 1.165) is 37.9 Å². The molecule has 1 aliphatic heterocycles. The van der Waals surface area contributed by atoms with Crippen LogP contribution in [0.5, 0.6) is 0 Å². The third-order valence-electron chi connectivity index (χ3n) is 7.00. The summed E-state index contributed by atoms with van der Waals surface area (Å²) in [6, 6.07) is 6.45. The van der Waals surface area contributed by atoms with E-state index in [2.05, 4.69) is 51.1 Å². The van der Waals surface area contributed by atoms with Crippen molar-refractivity contribution < 1.29 is 9.59 Å². The number of nitrogens with zero attached hydrogens (tertiary/aromatic N) is 3. The molecule has 1 fully saturated rings. The first-order valence-electron chi connectivity index (χ1n) is 11.6. The van der Waals surface area contributed by atoms with Gasteiger partial charge in [0.25, 0.3) is 0 Å². The Bertz CT molecular complexity index is 997. The highest BCUT2D eigenvalue weighted by atomic mass is 16.2. The smallest absolute Gasteiger partial charge is 0.323 e. The quantitative estimate of drug-likeness (QED) is 0.654. The van der Waals surface area contributed by atoms with Crippen LogP contribution in [0.1, 0.15) is 29.9 Å². The van der Waals surface area contributed by atoms with E-state index < -0.39 is 0 Å². The second kappa shape index (κ2) is 9.46. The van der Waals surface area contributed by atoms with Crippen LogP contribution in [0.4, 0.5) is 4.79 Å². The van der Waals surface area contributed by atoms with E-state index in [1.54, 1.807) is 7.05 Å². The lowest BCUT2D eigenvalue weighted by molar-refractivity contribution is -0.135. The number of aromatic nitrogens is 1. The maximum Gasteiger partial charge on any atom is 0.323 e. The average molecular weight is 438 g/mol. The van der Waals surface area contributed by atoms with Crippen molar-refractivity contribution in [2.75, 3.05) is 47.3 Å². The SMILES string of the molecule is C=CCN1C[C@H](C(=O)N(CCCN(C)C)C(=O)NC)CC2c3cccc4[nH]cc(c34)C[C@H]21. The number of benzene rings is 1. The maximum atomic E-state index is 13.6. The zero-order valence-corrected chi connectivity index (χ0v) is 19.4. The number of carbonyl (C=O) groups excluding carboxylic acids is 2. The van der Waals surface area contributed by atoms with E-state index >= 15 is 0 Å². The van der Waals surface area contributed by atoms with Gasteiger partial charge in [0.15, 0.2) is 0 Å². The predicted molar refractivity (Wildman–Crippen MR) is 128 cm³/mol. The summed E-state index contributed by atoms with van der Waals surface area (Å²) in [7, 11) is 5.59. The molecule has 172 valence electrons. The molecule has 3 amide bonds. The molecule has 1 aromatic carbocycles. The van der Waals surface area contributed by atoms with Crippen LogP contribution in [0.25, 0.3) is 10.9 Å². The van der Waals surface area contributed by atoms with Crippen molar-refractivity contribution in [3.8, 4) is 0 Å². The van der Waals surface area contributed by atoms with E-state index in [1.165, 1.54) is 21.4 Å². The number of aromatic amines is 1. The van der Waals surface area contributed by atoms with E-state index in [-0.39, 0.29) is 23.8 Å². The molecule has 2 N–H and O–H groups in total. The van der Waals surface area contributed by atoms with E-state index in [0.29, 0.717) is 19.1 Å². The Balaban J connectivity index is 1.62. The zero-order chi connectivity index (χ0) is 22.8. The number of urea groups is 1. The van der Waals surface area contributed by atoms with Crippen LogP contribution in [0, 0.1) is 5.92 Å². The molecular weight excluding hydrogens is 402 g/mol. The number of carbonyl (C=O) groups is 2. The van der Waals surface area contributed by atoms with Gasteiger partial charge in [0, 0.05) is 55.7 Å². The lowest BCUT2D eigenvalue weighted by Gasteiger charge is -2.47. The molecule has 1 aliphatic carbocycles. The fourth-order valence-electron chi connectivity index (χ4n) is 5.56. The van der Waals surface area contributed by atoms with Crippen molar-refractivity contribution in [3.05, 3.63) is 48.2 Å². The Morgan fingerprint density at radius 2 is 2.12 bits per heavy atom. The summed E-state index contributed by atoms with van der Waals surface area (Å²) in [6.07, 6.45) is 6.55. The van der Waals surface area contributed by atoms with Crippen molar-refractivity contribution in [1.82, 2.24) is 25.0 Å². The molecule has 1 aromatic heterocycles. The summed E-state index contributed by atoms with van der Waals surface area (Å²) in [6.45, 7) is 6.61. The molecule has 4 rings (SSSR count). The average Bonchev–Trinajstić information content (AvgIpc) is 3.20. The molecule has 1 saturated heterocycles. The molecule has 7 heteroatoms. The second-order valence-corrected chi connectivity index (χ2v) is 9.34. The molecule has 0 saturated carbocycles. The lowest BCUT2D eigenvalue weighted by atomic mass is 9.72. The lowest BCUT2D eigenvalue weighted by Crippen LogP contribution is -2.55. The molecule has 2 aliphatic rings. The molecule has 1 unspecified atom stereocenters. The summed E-state index contributed by atoms with van der Waals surface area (Å²) in [4.78, 5) is 35.5. The monoisotopic (exact) mass is 437 g/mol. The van der Waals surface area contributed by atoms with Gasteiger partial charge < -0.3 is 15.2 Å². The van der Waals surface area contributed by atoms with Crippen molar-refractivity contribution in [1.29, 1.82) is 0 Å². The van der Waals surface area contributed by atoms with Crippen LogP contribution in [-0.2, 0) is 11.2 Å². The summed E-state index contributed by atoms with van der Waals surface area (Å²) < 4.78 is 0. The highest BCUT2D eigenvalue weighted by Gasteiger charge is 2.43.